The first kappa shape index (κ1) is 13.9. The van der Waals surface area contributed by atoms with E-state index >= 15 is 0 Å². The fourth-order valence-corrected chi connectivity index (χ4v) is 1.96. The molecule has 0 atom stereocenters. The van der Waals surface area contributed by atoms with Gasteiger partial charge in [0.25, 0.3) is 0 Å². The molecule has 2 aliphatic rings. The normalized spacial score (nSPS) is 25.1. The minimum absolute atomic E-state index is 1.16. The molecule has 2 aliphatic heterocycles. The molecule has 2 saturated heterocycles. The maximum absolute atomic E-state index is 3.34. The third-order valence-electron chi connectivity index (χ3n) is 3.13. The van der Waals surface area contributed by atoms with Crippen molar-refractivity contribution in [1.29, 1.82) is 0 Å². The lowest BCUT2D eigenvalue weighted by Gasteiger charge is -2.09. The molecule has 2 heterocycles. The van der Waals surface area contributed by atoms with Crippen LogP contribution in [0.5, 0.6) is 0 Å². The van der Waals surface area contributed by atoms with Crippen molar-refractivity contribution in [1.82, 2.24) is 20.4 Å². The number of nitrogens with one attached hydrogen (secondary N) is 2. The average molecular weight is 228 g/mol. The lowest BCUT2D eigenvalue weighted by atomic mass is 10.4. The van der Waals surface area contributed by atoms with Crippen molar-refractivity contribution in [2.75, 3.05) is 66.5 Å². The lowest BCUT2D eigenvalue weighted by Crippen LogP contribution is -2.23. The highest BCUT2D eigenvalue weighted by molar-refractivity contribution is 4.61. The van der Waals surface area contributed by atoms with Gasteiger partial charge in [0, 0.05) is 26.2 Å². The molecule has 0 aromatic heterocycles. The Bertz CT molecular complexity index is 129. The van der Waals surface area contributed by atoms with E-state index in [0.29, 0.717) is 0 Å². The van der Waals surface area contributed by atoms with Gasteiger partial charge >= 0.3 is 0 Å². The summed E-state index contributed by atoms with van der Waals surface area (Å²) in [4.78, 5) is 4.72. The van der Waals surface area contributed by atoms with Crippen molar-refractivity contribution in [2.45, 2.75) is 12.8 Å². The van der Waals surface area contributed by atoms with Crippen molar-refractivity contribution in [3.8, 4) is 0 Å². The van der Waals surface area contributed by atoms with E-state index in [-0.39, 0.29) is 0 Å². The van der Waals surface area contributed by atoms with Gasteiger partial charge in [-0.15, -0.1) is 0 Å². The SMILES string of the molecule is CN1CCCNCC1.CN1CCCNCC1. The first-order valence-corrected chi connectivity index (χ1v) is 6.57. The highest BCUT2D eigenvalue weighted by Gasteiger charge is 2.01. The molecule has 0 amide bonds. The number of hydrogen-bond donors (Lipinski definition) is 2. The molecule has 0 spiro atoms. The van der Waals surface area contributed by atoms with Gasteiger partial charge in [0.05, 0.1) is 0 Å². The Morgan fingerprint density at radius 3 is 1.50 bits per heavy atom. The van der Waals surface area contributed by atoms with Crippen LogP contribution in [0.4, 0.5) is 0 Å². The Morgan fingerprint density at radius 2 is 1.06 bits per heavy atom. The van der Waals surface area contributed by atoms with E-state index in [1.54, 1.807) is 0 Å². The summed E-state index contributed by atoms with van der Waals surface area (Å²) in [5.41, 5.74) is 0. The standard InChI is InChI=1S/2C6H14N2/c2*1-8-5-2-3-7-4-6-8/h2*7H,2-6H2,1H3. The molecule has 0 unspecified atom stereocenters. The van der Waals surface area contributed by atoms with Crippen LogP contribution in [0, 0.1) is 0 Å². The highest BCUT2D eigenvalue weighted by atomic mass is 15.1. The van der Waals surface area contributed by atoms with Crippen LogP contribution in [0.25, 0.3) is 0 Å². The molecule has 0 bridgehead atoms. The van der Waals surface area contributed by atoms with Gasteiger partial charge in [-0.2, -0.15) is 0 Å². The minimum atomic E-state index is 1.16. The van der Waals surface area contributed by atoms with E-state index in [0.717, 1.165) is 13.1 Å². The van der Waals surface area contributed by atoms with Crippen LogP contribution in [0.15, 0.2) is 0 Å². The summed E-state index contributed by atoms with van der Waals surface area (Å²) in [6.45, 7) is 9.65. The Labute approximate surface area is 100 Å². The number of hydrogen-bond acceptors (Lipinski definition) is 4. The van der Waals surface area contributed by atoms with Crippen LogP contribution in [0.3, 0.4) is 0 Å². The summed E-state index contributed by atoms with van der Waals surface area (Å²) in [5.74, 6) is 0. The summed E-state index contributed by atoms with van der Waals surface area (Å²) >= 11 is 0. The average Bonchev–Trinajstić information content (AvgIpc) is 2.64. The van der Waals surface area contributed by atoms with Gasteiger partial charge in [-0.3, -0.25) is 0 Å². The maximum Gasteiger partial charge on any atom is 0.0104 e. The predicted molar refractivity (Wildman–Crippen MR) is 70.0 cm³/mol. The maximum atomic E-state index is 3.34. The summed E-state index contributed by atoms with van der Waals surface area (Å²) in [7, 11) is 4.35. The first-order chi connectivity index (χ1) is 7.79. The zero-order valence-electron chi connectivity index (χ0n) is 11.0. The highest BCUT2D eigenvalue weighted by Crippen LogP contribution is 1.89. The van der Waals surface area contributed by atoms with E-state index in [1.165, 1.54) is 52.1 Å². The number of nitrogens with zero attached hydrogens (tertiary/aromatic N) is 2. The Balaban J connectivity index is 0.000000160. The van der Waals surface area contributed by atoms with Gasteiger partial charge in [-0.1, -0.05) is 0 Å². The summed E-state index contributed by atoms with van der Waals surface area (Å²) < 4.78 is 0. The molecule has 96 valence electrons. The fourth-order valence-electron chi connectivity index (χ4n) is 1.96. The van der Waals surface area contributed by atoms with Gasteiger partial charge in [0.1, 0.15) is 0 Å². The quantitative estimate of drug-likeness (QED) is 0.602. The third-order valence-corrected chi connectivity index (χ3v) is 3.13. The molecule has 0 aliphatic carbocycles. The van der Waals surface area contributed by atoms with Crippen molar-refractivity contribution < 1.29 is 0 Å². The molecule has 2 N–H and O–H groups in total. The van der Waals surface area contributed by atoms with E-state index in [9.17, 15) is 0 Å². The van der Waals surface area contributed by atoms with E-state index < -0.39 is 0 Å². The van der Waals surface area contributed by atoms with Crippen molar-refractivity contribution in [3.05, 3.63) is 0 Å². The molecule has 2 fully saturated rings. The monoisotopic (exact) mass is 228 g/mol. The zero-order valence-corrected chi connectivity index (χ0v) is 11.0. The lowest BCUT2D eigenvalue weighted by molar-refractivity contribution is 0.358. The van der Waals surface area contributed by atoms with Gasteiger partial charge in [0.15, 0.2) is 0 Å². The minimum Gasteiger partial charge on any atom is -0.315 e. The van der Waals surface area contributed by atoms with Gasteiger partial charge in [-0.05, 0) is 53.1 Å². The second kappa shape index (κ2) is 8.93. The molecule has 16 heavy (non-hydrogen) atoms. The molecular weight excluding hydrogens is 200 g/mol. The van der Waals surface area contributed by atoms with Crippen LogP contribution in [-0.2, 0) is 0 Å². The van der Waals surface area contributed by atoms with Crippen LogP contribution in [0.1, 0.15) is 12.8 Å². The Morgan fingerprint density at radius 1 is 0.625 bits per heavy atom. The van der Waals surface area contributed by atoms with Gasteiger partial charge in [-0.25, -0.2) is 0 Å². The van der Waals surface area contributed by atoms with E-state index in [2.05, 4.69) is 34.5 Å². The molecule has 0 aromatic rings. The molecule has 0 radical (unpaired) electrons. The Kier molecular flexibility index (Phi) is 7.76. The summed E-state index contributed by atoms with van der Waals surface area (Å²) in [5, 5.41) is 6.67. The van der Waals surface area contributed by atoms with Crippen LogP contribution >= 0.6 is 0 Å². The molecular formula is C12H28N4. The fraction of sp³-hybridized carbons (Fsp3) is 1.00. The first-order valence-electron chi connectivity index (χ1n) is 6.57. The molecule has 2 rings (SSSR count). The molecule has 4 heteroatoms. The van der Waals surface area contributed by atoms with Crippen LogP contribution < -0.4 is 10.6 Å². The summed E-state index contributed by atoms with van der Waals surface area (Å²) in [6.07, 6.45) is 2.60. The summed E-state index contributed by atoms with van der Waals surface area (Å²) in [6, 6.07) is 0. The van der Waals surface area contributed by atoms with E-state index in [4.69, 9.17) is 0 Å². The van der Waals surface area contributed by atoms with Crippen molar-refractivity contribution >= 4 is 0 Å². The zero-order chi connectivity index (χ0) is 11.6. The number of likely N-dealkylation sites (N-methyl/N-ethyl adjacent to an activating group) is 2. The van der Waals surface area contributed by atoms with Crippen LogP contribution in [-0.4, -0.2) is 76.3 Å². The van der Waals surface area contributed by atoms with Crippen molar-refractivity contribution in [2.24, 2.45) is 0 Å². The van der Waals surface area contributed by atoms with Crippen LogP contribution in [0.2, 0.25) is 0 Å². The third kappa shape index (κ3) is 7.17. The second-order valence-electron chi connectivity index (χ2n) is 4.81. The van der Waals surface area contributed by atoms with Crippen molar-refractivity contribution in [3.63, 3.8) is 0 Å². The Hall–Kier alpha value is -0.160. The van der Waals surface area contributed by atoms with Gasteiger partial charge < -0.3 is 20.4 Å². The topological polar surface area (TPSA) is 30.5 Å². The molecule has 0 aromatic carbocycles. The second-order valence-corrected chi connectivity index (χ2v) is 4.81. The van der Waals surface area contributed by atoms with E-state index in [1.807, 2.05) is 0 Å². The van der Waals surface area contributed by atoms with Gasteiger partial charge in [0.2, 0.25) is 0 Å². The smallest absolute Gasteiger partial charge is 0.0104 e. The molecule has 0 saturated carbocycles. The molecule has 4 nitrogen and oxygen atoms in total. The predicted octanol–water partition coefficient (Wildman–Crippen LogP) is -0.177. The number of rotatable bonds is 0. The largest absolute Gasteiger partial charge is 0.315 e.